The number of hydrogen-bond donors (Lipinski definition) is 1. The fourth-order valence-corrected chi connectivity index (χ4v) is 3.32. The van der Waals surface area contributed by atoms with E-state index in [-0.39, 0.29) is 24.2 Å². The Kier molecular flexibility index (Phi) is 6.19. The number of ether oxygens (including phenoxy) is 2. The van der Waals surface area contributed by atoms with E-state index in [2.05, 4.69) is 5.32 Å². The Bertz CT molecular complexity index is 826. The van der Waals surface area contributed by atoms with Crippen LogP contribution in [0.15, 0.2) is 42.5 Å². The zero-order valence-corrected chi connectivity index (χ0v) is 16.5. The van der Waals surface area contributed by atoms with E-state index in [9.17, 15) is 9.59 Å². The number of likely N-dealkylation sites (tertiary alicyclic amines) is 1. The summed E-state index contributed by atoms with van der Waals surface area (Å²) in [4.78, 5) is 26.6. The molecule has 6 heteroatoms. The van der Waals surface area contributed by atoms with Crippen molar-refractivity contribution in [3.8, 4) is 11.5 Å². The van der Waals surface area contributed by atoms with E-state index in [1.807, 2.05) is 43.3 Å². The third-order valence-corrected chi connectivity index (χ3v) is 4.96. The maximum atomic E-state index is 12.6. The van der Waals surface area contributed by atoms with Gasteiger partial charge in [0.15, 0.2) is 0 Å². The Balaban J connectivity index is 1.56. The van der Waals surface area contributed by atoms with Crippen molar-refractivity contribution in [1.29, 1.82) is 0 Å². The summed E-state index contributed by atoms with van der Waals surface area (Å²) in [6.07, 6.45) is 0.249. The normalized spacial score (nSPS) is 16.2. The SMILES string of the molecule is COc1cc(CNC(=O)C2CC(=O)N(Cc3ccc(C)cc3)C2)cc(OC)c1. The molecule has 1 atom stereocenters. The Hall–Kier alpha value is -3.02. The van der Waals surface area contributed by atoms with Crippen LogP contribution in [0.2, 0.25) is 0 Å². The van der Waals surface area contributed by atoms with Crippen molar-refractivity contribution < 1.29 is 19.1 Å². The van der Waals surface area contributed by atoms with E-state index in [0.717, 1.165) is 11.1 Å². The van der Waals surface area contributed by atoms with Gasteiger partial charge in [0.25, 0.3) is 0 Å². The predicted molar refractivity (Wildman–Crippen MR) is 106 cm³/mol. The molecule has 2 aromatic rings. The highest BCUT2D eigenvalue weighted by Crippen LogP contribution is 2.23. The topological polar surface area (TPSA) is 67.9 Å². The first-order chi connectivity index (χ1) is 13.5. The molecule has 28 heavy (non-hydrogen) atoms. The van der Waals surface area contributed by atoms with E-state index in [0.29, 0.717) is 31.1 Å². The number of carbonyl (C=O) groups excluding carboxylic acids is 2. The number of rotatable bonds is 7. The number of amides is 2. The van der Waals surface area contributed by atoms with Crippen LogP contribution in [0, 0.1) is 12.8 Å². The Labute approximate surface area is 165 Å². The van der Waals surface area contributed by atoms with Gasteiger partial charge in [-0.15, -0.1) is 0 Å². The number of nitrogens with one attached hydrogen (secondary N) is 1. The smallest absolute Gasteiger partial charge is 0.225 e. The number of hydrogen-bond acceptors (Lipinski definition) is 4. The van der Waals surface area contributed by atoms with Gasteiger partial charge in [0.1, 0.15) is 11.5 Å². The lowest BCUT2D eigenvalue weighted by Crippen LogP contribution is -2.32. The van der Waals surface area contributed by atoms with Gasteiger partial charge in [-0.2, -0.15) is 0 Å². The molecular formula is C22H26N2O4. The fraction of sp³-hybridized carbons (Fsp3) is 0.364. The van der Waals surface area contributed by atoms with E-state index in [1.54, 1.807) is 25.2 Å². The largest absolute Gasteiger partial charge is 0.497 e. The van der Waals surface area contributed by atoms with Crippen LogP contribution in [0.4, 0.5) is 0 Å². The summed E-state index contributed by atoms with van der Waals surface area (Å²) in [5.41, 5.74) is 3.14. The van der Waals surface area contributed by atoms with E-state index in [4.69, 9.17) is 9.47 Å². The lowest BCUT2D eigenvalue weighted by Gasteiger charge is -2.17. The minimum absolute atomic E-state index is 0.0174. The molecule has 0 bridgehead atoms. The van der Waals surface area contributed by atoms with Gasteiger partial charge >= 0.3 is 0 Å². The monoisotopic (exact) mass is 382 g/mol. The van der Waals surface area contributed by atoms with Crippen molar-refractivity contribution in [3.05, 3.63) is 59.2 Å². The lowest BCUT2D eigenvalue weighted by molar-refractivity contribution is -0.129. The van der Waals surface area contributed by atoms with Gasteiger partial charge < -0.3 is 19.7 Å². The molecule has 1 unspecified atom stereocenters. The first-order valence-electron chi connectivity index (χ1n) is 9.31. The summed E-state index contributed by atoms with van der Waals surface area (Å²) in [6.45, 7) is 3.37. The molecule has 2 aromatic carbocycles. The average molecular weight is 382 g/mol. The third-order valence-electron chi connectivity index (χ3n) is 4.96. The fourth-order valence-electron chi connectivity index (χ4n) is 3.32. The maximum absolute atomic E-state index is 12.6. The van der Waals surface area contributed by atoms with Crippen molar-refractivity contribution in [2.45, 2.75) is 26.4 Å². The lowest BCUT2D eigenvalue weighted by atomic mass is 10.1. The highest BCUT2D eigenvalue weighted by atomic mass is 16.5. The average Bonchev–Trinajstić information content (AvgIpc) is 3.08. The summed E-state index contributed by atoms with van der Waals surface area (Å²) >= 11 is 0. The van der Waals surface area contributed by atoms with Crippen LogP contribution in [0.3, 0.4) is 0 Å². The summed E-state index contributed by atoms with van der Waals surface area (Å²) in [5.74, 6) is 0.920. The molecule has 3 rings (SSSR count). The summed E-state index contributed by atoms with van der Waals surface area (Å²) in [6, 6.07) is 13.6. The number of benzene rings is 2. The molecule has 2 amide bonds. The second kappa shape index (κ2) is 8.78. The third kappa shape index (κ3) is 4.82. The molecule has 0 spiro atoms. The first-order valence-corrected chi connectivity index (χ1v) is 9.31. The summed E-state index contributed by atoms with van der Waals surface area (Å²) in [7, 11) is 3.17. The molecule has 0 aliphatic carbocycles. The molecule has 1 N–H and O–H groups in total. The Morgan fingerprint density at radius 2 is 1.71 bits per heavy atom. The minimum Gasteiger partial charge on any atom is -0.497 e. The second-order valence-electron chi connectivity index (χ2n) is 7.10. The molecule has 0 aromatic heterocycles. The van der Waals surface area contributed by atoms with Gasteiger partial charge in [-0.05, 0) is 30.2 Å². The zero-order valence-electron chi connectivity index (χ0n) is 16.5. The van der Waals surface area contributed by atoms with E-state index >= 15 is 0 Å². The highest BCUT2D eigenvalue weighted by Gasteiger charge is 2.34. The molecule has 1 saturated heterocycles. The van der Waals surface area contributed by atoms with Crippen molar-refractivity contribution in [3.63, 3.8) is 0 Å². The predicted octanol–water partition coefficient (Wildman–Crippen LogP) is 2.68. The van der Waals surface area contributed by atoms with E-state index in [1.165, 1.54) is 5.56 Å². The second-order valence-corrected chi connectivity index (χ2v) is 7.10. The van der Waals surface area contributed by atoms with Crippen molar-refractivity contribution in [1.82, 2.24) is 10.2 Å². The number of aryl methyl sites for hydroxylation is 1. The standard InChI is InChI=1S/C22H26N2O4/c1-15-4-6-16(7-5-15)13-24-14-18(10-21(24)25)22(26)23-12-17-8-19(27-2)11-20(9-17)28-3/h4-9,11,18H,10,12-14H2,1-3H3,(H,23,26). The van der Waals surface area contributed by atoms with Crippen molar-refractivity contribution in [2.24, 2.45) is 5.92 Å². The minimum atomic E-state index is -0.328. The van der Waals surface area contributed by atoms with Crippen LogP contribution < -0.4 is 14.8 Å². The highest BCUT2D eigenvalue weighted by molar-refractivity contribution is 5.89. The summed E-state index contributed by atoms with van der Waals surface area (Å²) in [5, 5.41) is 2.93. The van der Waals surface area contributed by atoms with Gasteiger partial charge in [-0.1, -0.05) is 29.8 Å². The summed E-state index contributed by atoms with van der Waals surface area (Å²) < 4.78 is 10.5. The molecule has 1 aliphatic rings. The molecular weight excluding hydrogens is 356 g/mol. The molecule has 148 valence electrons. The number of carbonyl (C=O) groups is 2. The molecule has 0 radical (unpaired) electrons. The number of methoxy groups -OCH3 is 2. The van der Waals surface area contributed by atoms with Crippen LogP contribution in [0.1, 0.15) is 23.1 Å². The molecule has 6 nitrogen and oxygen atoms in total. The van der Waals surface area contributed by atoms with E-state index < -0.39 is 0 Å². The van der Waals surface area contributed by atoms with Gasteiger partial charge in [0.2, 0.25) is 11.8 Å². The van der Waals surface area contributed by atoms with Gasteiger partial charge in [0, 0.05) is 32.1 Å². The number of nitrogens with zero attached hydrogens (tertiary/aromatic N) is 1. The first kappa shape index (κ1) is 19.7. The van der Waals surface area contributed by atoms with Crippen LogP contribution in [-0.4, -0.2) is 37.5 Å². The van der Waals surface area contributed by atoms with Crippen molar-refractivity contribution in [2.75, 3.05) is 20.8 Å². The molecule has 1 fully saturated rings. The molecule has 1 aliphatic heterocycles. The Morgan fingerprint density at radius 1 is 1.07 bits per heavy atom. The molecule has 1 heterocycles. The molecule has 0 saturated carbocycles. The van der Waals surface area contributed by atoms with Crippen molar-refractivity contribution >= 4 is 11.8 Å². The van der Waals surface area contributed by atoms with Crippen LogP contribution in [-0.2, 0) is 22.7 Å². The van der Waals surface area contributed by atoms with Crippen LogP contribution >= 0.6 is 0 Å². The van der Waals surface area contributed by atoms with Crippen LogP contribution in [0.5, 0.6) is 11.5 Å². The Morgan fingerprint density at radius 3 is 2.32 bits per heavy atom. The quantitative estimate of drug-likeness (QED) is 0.799. The maximum Gasteiger partial charge on any atom is 0.225 e. The van der Waals surface area contributed by atoms with Crippen LogP contribution in [0.25, 0.3) is 0 Å². The van der Waals surface area contributed by atoms with Gasteiger partial charge in [-0.3, -0.25) is 9.59 Å². The zero-order chi connectivity index (χ0) is 20.1. The van der Waals surface area contributed by atoms with Gasteiger partial charge in [0.05, 0.1) is 20.1 Å². The van der Waals surface area contributed by atoms with Gasteiger partial charge in [-0.25, -0.2) is 0 Å².